The van der Waals surface area contributed by atoms with Crippen molar-refractivity contribution in [3.05, 3.63) is 29.3 Å². The number of nitrogens with one attached hydrogen (secondary N) is 1. The van der Waals surface area contributed by atoms with E-state index in [0.717, 1.165) is 18.9 Å². The Kier molecular flexibility index (Phi) is 4.07. The first kappa shape index (κ1) is 13.0. The predicted molar refractivity (Wildman–Crippen MR) is 78.4 cm³/mol. The van der Waals surface area contributed by atoms with Gasteiger partial charge in [0, 0.05) is 6.04 Å². The van der Waals surface area contributed by atoms with Crippen molar-refractivity contribution in [3.8, 4) is 5.75 Å². The Morgan fingerprint density at radius 2 is 1.95 bits per heavy atom. The van der Waals surface area contributed by atoms with Crippen LogP contribution in [-0.2, 0) is 6.42 Å². The summed E-state index contributed by atoms with van der Waals surface area (Å²) in [6, 6.07) is 6.33. The van der Waals surface area contributed by atoms with Crippen LogP contribution in [0.4, 0.5) is 0 Å². The second kappa shape index (κ2) is 5.96. The second-order valence-electron chi connectivity index (χ2n) is 6.22. The molecule has 19 heavy (non-hydrogen) atoms. The average Bonchev–Trinajstić information content (AvgIpc) is 2.92. The molecule has 0 aliphatic heterocycles. The minimum Gasteiger partial charge on any atom is -0.508 e. The van der Waals surface area contributed by atoms with Crippen molar-refractivity contribution < 1.29 is 5.11 Å². The number of rotatable bonds is 4. The fraction of sp³-hybridized carbons (Fsp3) is 0.647. The highest BCUT2D eigenvalue weighted by Crippen LogP contribution is 2.32. The lowest BCUT2D eigenvalue weighted by Gasteiger charge is -2.27. The number of phenols is 1. The van der Waals surface area contributed by atoms with Crippen molar-refractivity contribution in [1.29, 1.82) is 0 Å². The third-order valence-corrected chi connectivity index (χ3v) is 4.86. The first-order valence-corrected chi connectivity index (χ1v) is 7.88. The van der Waals surface area contributed by atoms with E-state index in [1.165, 1.54) is 56.1 Å². The van der Waals surface area contributed by atoms with Gasteiger partial charge in [0.15, 0.2) is 0 Å². The highest BCUT2D eigenvalue weighted by Gasteiger charge is 2.21. The zero-order valence-electron chi connectivity index (χ0n) is 11.7. The molecule has 0 radical (unpaired) electrons. The van der Waals surface area contributed by atoms with Crippen molar-refractivity contribution in [2.75, 3.05) is 6.54 Å². The summed E-state index contributed by atoms with van der Waals surface area (Å²) in [5.41, 5.74) is 2.75. The van der Waals surface area contributed by atoms with Gasteiger partial charge in [-0.05, 0) is 61.4 Å². The number of hydrogen-bond acceptors (Lipinski definition) is 2. The van der Waals surface area contributed by atoms with E-state index in [1.54, 1.807) is 0 Å². The predicted octanol–water partition coefficient (Wildman–Crippen LogP) is 3.94. The van der Waals surface area contributed by atoms with Crippen LogP contribution in [0.3, 0.4) is 0 Å². The van der Waals surface area contributed by atoms with Gasteiger partial charge in [-0.2, -0.15) is 0 Å². The molecule has 1 saturated carbocycles. The van der Waals surface area contributed by atoms with E-state index in [4.69, 9.17) is 0 Å². The van der Waals surface area contributed by atoms with Crippen molar-refractivity contribution in [3.63, 3.8) is 0 Å². The zero-order chi connectivity index (χ0) is 13.1. The lowest BCUT2D eigenvalue weighted by Crippen LogP contribution is -2.27. The Hall–Kier alpha value is -1.02. The van der Waals surface area contributed by atoms with Crippen LogP contribution in [0.1, 0.15) is 62.1 Å². The van der Waals surface area contributed by atoms with Gasteiger partial charge in [0.05, 0.1) is 0 Å². The largest absolute Gasteiger partial charge is 0.508 e. The molecule has 2 aliphatic rings. The SMILES string of the molecule is Oc1ccc2c(c1)C(NCCC1CCCC1)CCC2. The molecule has 3 rings (SSSR count). The van der Waals surface area contributed by atoms with Crippen molar-refractivity contribution >= 4 is 0 Å². The Labute approximate surface area is 116 Å². The number of fused-ring (bicyclic) bond motifs is 1. The number of phenolic OH excluding ortho intramolecular Hbond substituents is 1. The van der Waals surface area contributed by atoms with E-state index in [1.807, 2.05) is 12.1 Å². The van der Waals surface area contributed by atoms with Crippen molar-refractivity contribution in [1.82, 2.24) is 5.32 Å². The first-order valence-electron chi connectivity index (χ1n) is 7.88. The van der Waals surface area contributed by atoms with Gasteiger partial charge in [-0.1, -0.05) is 31.7 Å². The Morgan fingerprint density at radius 1 is 1.11 bits per heavy atom. The summed E-state index contributed by atoms with van der Waals surface area (Å²) < 4.78 is 0. The highest BCUT2D eigenvalue weighted by atomic mass is 16.3. The monoisotopic (exact) mass is 259 g/mol. The average molecular weight is 259 g/mol. The lowest BCUT2D eigenvalue weighted by atomic mass is 9.87. The summed E-state index contributed by atoms with van der Waals surface area (Å²) in [7, 11) is 0. The normalized spacial score (nSPS) is 23.5. The van der Waals surface area contributed by atoms with E-state index in [-0.39, 0.29) is 0 Å². The molecule has 2 heteroatoms. The topological polar surface area (TPSA) is 32.3 Å². The molecule has 0 amide bonds. The van der Waals surface area contributed by atoms with Crippen LogP contribution in [0.15, 0.2) is 18.2 Å². The van der Waals surface area contributed by atoms with Crippen LogP contribution in [0.25, 0.3) is 0 Å². The van der Waals surface area contributed by atoms with Gasteiger partial charge in [-0.15, -0.1) is 0 Å². The van der Waals surface area contributed by atoms with Crippen LogP contribution in [-0.4, -0.2) is 11.7 Å². The van der Waals surface area contributed by atoms with Gasteiger partial charge < -0.3 is 10.4 Å². The third kappa shape index (κ3) is 3.11. The molecular weight excluding hydrogens is 234 g/mol. The van der Waals surface area contributed by atoms with Gasteiger partial charge in [-0.3, -0.25) is 0 Å². The van der Waals surface area contributed by atoms with Gasteiger partial charge in [0.1, 0.15) is 5.75 Å². The summed E-state index contributed by atoms with van der Waals surface area (Å²) >= 11 is 0. The fourth-order valence-electron chi connectivity index (χ4n) is 3.76. The molecule has 1 atom stereocenters. The molecule has 104 valence electrons. The summed E-state index contributed by atoms with van der Waals surface area (Å²) in [5.74, 6) is 1.36. The molecule has 2 N–H and O–H groups in total. The van der Waals surface area contributed by atoms with Crippen LogP contribution in [0.5, 0.6) is 5.75 Å². The Morgan fingerprint density at radius 3 is 2.79 bits per heavy atom. The van der Waals surface area contributed by atoms with Gasteiger partial charge in [0.2, 0.25) is 0 Å². The Bertz CT molecular complexity index is 423. The van der Waals surface area contributed by atoms with E-state index in [9.17, 15) is 5.11 Å². The lowest BCUT2D eigenvalue weighted by molar-refractivity contribution is 0.411. The number of hydrogen-bond donors (Lipinski definition) is 2. The van der Waals surface area contributed by atoms with Crippen LogP contribution >= 0.6 is 0 Å². The molecule has 1 aromatic rings. The maximum atomic E-state index is 9.68. The number of aryl methyl sites for hydroxylation is 1. The van der Waals surface area contributed by atoms with Crippen molar-refractivity contribution in [2.45, 2.75) is 57.4 Å². The highest BCUT2D eigenvalue weighted by molar-refractivity contribution is 5.38. The second-order valence-corrected chi connectivity index (χ2v) is 6.22. The van der Waals surface area contributed by atoms with Gasteiger partial charge in [-0.25, -0.2) is 0 Å². The maximum Gasteiger partial charge on any atom is 0.115 e. The first-order chi connectivity index (χ1) is 9.33. The molecule has 0 bridgehead atoms. The molecule has 0 aromatic heterocycles. The Balaban J connectivity index is 1.58. The van der Waals surface area contributed by atoms with E-state index in [2.05, 4.69) is 11.4 Å². The van der Waals surface area contributed by atoms with Gasteiger partial charge in [0.25, 0.3) is 0 Å². The molecule has 2 nitrogen and oxygen atoms in total. The summed E-state index contributed by atoms with van der Waals surface area (Å²) in [6.07, 6.45) is 10.7. The van der Waals surface area contributed by atoms with Crippen LogP contribution in [0, 0.1) is 5.92 Å². The van der Waals surface area contributed by atoms with E-state index < -0.39 is 0 Å². The smallest absolute Gasteiger partial charge is 0.115 e. The molecule has 2 aliphatic carbocycles. The number of benzene rings is 1. The molecule has 1 aromatic carbocycles. The summed E-state index contributed by atoms with van der Waals surface area (Å²) in [4.78, 5) is 0. The fourth-order valence-corrected chi connectivity index (χ4v) is 3.76. The van der Waals surface area contributed by atoms with E-state index >= 15 is 0 Å². The van der Waals surface area contributed by atoms with Gasteiger partial charge >= 0.3 is 0 Å². The van der Waals surface area contributed by atoms with E-state index in [0.29, 0.717) is 11.8 Å². The molecular formula is C17H25NO. The summed E-state index contributed by atoms with van der Waals surface area (Å²) in [5, 5.41) is 13.4. The summed E-state index contributed by atoms with van der Waals surface area (Å²) in [6.45, 7) is 1.13. The minimum absolute atomic E-state index is 0.406. The molecule has 1 fully saturated rings. The minimum atomic E-state index is 0.406. The molecule has 0 saturated heterocycles. The van der Waals surface area contributed by atoms with Crippen molar-refractivity contribution in [2.24, 2.45) is 5.92 Å². The molecule has 0 heterocycles. The zero-order valence-corrected chi connectivity index (χ0v) is 11.7. The standard InChI is InChI=1S/C17H25NO/c19-15-9-8-14-6-3-7-17(16(14)12-15)18-11-10-13-4-1-2-5-13/h8-9,12-13,17-19H,1-7,10-11H2. The maximum absolute atomic E-state index is 9.68. The number of aromatic hydroxyl groups is 1. The molecule has 0 spiro atoms. The van der Waals surface area contributed by atoms with Crippen LogP contribution < -0.4 is 5.32 Å². The quantitative estimate of drug-likeness (QED) is 0.858. The third-order valence-electron chi connectivity index (χ3n) is 4.86. The molecule has 1 unspecified atom stereocenters. The van der Waals surface area contributed by atoms with Crippen LogP contribution in [0.2, 0.25) is 0 Å².